The van der Waals surface area contributed by atoms with Gasteiger partial charge in [0.05, 0.1) is 26.4 Å². The molecule has 9 heteroatoms. The lowest BCUT2D eigenvalue weighted by atomic mass is 10.1. The summed E-state index contributed by atoms with van der Waals surface area (Å²) in [6.45, 7) is 4.20. The van der Waals surface area contributed by atoms with E-state index in [4.69, 9.17) is 19.3 Å². The minimum Gasteiger partial charge on any atom is -0.394 e. The summed E-state index contributed by atoms with van der Waals surface area (Å²) < 4.78 is 15.5. The van der Waals surface area contributed by atoms with Gasteiger partial charge in [0.1, 0.15) is 18.3 Å². The summed E-state index contributed by atoms with van der Waals surface area (Å²) in [6, 6.07) is 0. The van der Waals surface area contributed by atoms with E-state index in [9.17, 15) is 15.0 Å². The van der Waals surface area contributed by atoms with Crippen molar-refractivity contribution < 1.29 is 34.3 Å². The Hall–Kier alpha value is -0.810. The molecule has 0 aromatic carbocycles. The molecule has 2 saturated heterocycles. The van der Waals surface area contributed by atoms with Gasteiger partial charge in [-0.3, -0.25) is 9.69 Å². The number of nitrogens with one attached hydrogen (secondary N) is 1. The van der Waals surface area contributed by atoms with E-state index in [0.29, 0.717) is 6.54 Å². The molecule has 0 bridgehead atoms. The third kappa shape index (κ3) is 5.64. The SMILES string of the molecule is O=C(CCOC1C(O)OC(CO)C1O)NCCN1CCOCC1. The molecule has 0 radical (unpaired) electrons. The molecule has 9 nitrogen and oxygen atoms in total. The van der Waals surface area contributed by atoms with Gasteiger partial charge in [0, 0.05) is 32.6 Å². The maximum atomic E-state index is 11.7. The molecule has 23 heavy (non-hydrogen) atoms. The summed E-state index contributed by atoms with van der Waals surface area (Å²) in [6.07, 6.45) is -4.10. The number of ether oxygens (including phenoxy) is 3. The number of carbonyl (C=O) groups is 1. The Morgan fingerprint density at radius 3 is 2.70 bits per heavy atom. The van der Waals surface area contributed by atoms with Crippen LogP contribution >= 0.6 is 0 Å². The normalized spacial score (nSPS) is 32.1. The smallest absolute Gasteiger partial charge is 0.222 e. The van der Waals surface area contributed by atoms with E-state index in [1.807, 2.05) is 0 Å². The topological polar surface area (TPSA) is 121 Å². The van der Waals surface area contributed by atoms with E-state index in [0.717, 1.165) is 32.8 Å². The first-order valence-corrected chi connectivity index (χ1v) is 7.92. The van der Waals surface area contributed by atoms with Crippen molar-refractivity contribution in [1.29, 1.82) is 0 Å². The van der Waals surface area contributed by atoms with Crippen molar-refractivity contribution in [2.24, 2.45) is 0 Å². The first-order valence-electron chi connectivity index (χ1n) is 7.92. The van der Waals surface area contributed by atoms with Crippen LogP contribution < -0.4 is 5.32 Å². The quantitative estimate of drug-likeness (QED) is 0.378. The molecular formula is C14H26N2O7. The standard InChI is InChI=1S/C14H26N2O7/c17-9-10-12(19)13(14(20)23-10)22-6-1-11(18)15-2-3-16-4-7-21-8-5-16/h10,12-14,17,19-20H,1-9H2,(H,15,18). The molecule has 2 fully saturated rings. The monoisotopic (exact) mass is 334 g/mol. The number of aliphatic hydroxyl groups excluding tert-OH is 3. The number of hydrogen-bond donors (Lipinski definition) is 4. The van der Waals surface area contributed by atoms with Gasteiger partial charge in [0.15, 0.2) is 6.29 Å². The average molecular weight is 334 g/mol. The Labute approximate surface area is 135 Å². The molecule has 2 heterocycles. The minimum absolute atomic E-state index is 0.0592. The highest BCUT2D eigenvalue weighted by Crippen LogP contribution is 2.22. The first kappa shape index (κ1) is 18.5. The lowest BCUT2D eigenvalue weighted by Crippen LogP contribution is -2.41. The van der Waals surface area contributed by atoms with Gasteiger partial charge in [0.2, 0.25) is 5.91 Å². The molecule has 0 saturated carbocycles. The van der Waals surface area contributed by atoms with Crippen molar-refractivity contribution in [1.82, 2.24) is 10.2 Å². The summed E-state index contributed by atoms with van der Waals surface area (Å²) >= 11 is 0. The Bertz CT molecular complexity index is 365. The largest absolute Gasteiger partial charge is 0.394 e. The van der Waals surface area contributed by atoms with E-state index < -0.39 is 31.2 Å². The molecular weight excluding hydrogens is 308 g/mol. The van der Waals surface area contributed by atoms with E-state index in [1.165, 1.54) is 0 Å². The zero-order valence-electron chi connectivity index (χ0n) is 13.1. The van der Waals surface area contributed by atoms with Crippen LogP contribution in [0.25, 0.3) is 0 Å². The van der Waals surface area contributed by atoms with Crippen molar-refractivity contribution in [3.05, 3.63) is 0 Å². The summed E-state index contributed by atoms with van der Waals surface area (Å²) in [5.74, 6) is -0.153. The van der Waals surface area contributed by atoms with Crippen LogP contribution in [-0.2, 0) is 19.0 Å². The molecule has 0 aromatic rings. The summed E-state index contributed by atoms with van der Waals surface area (Å²) in [4.78, 5) is 13.9. The van der Waals surface area contributed by atoms with Gasteiger partial charge in [0.25, 0.3) is 0 Å². The number of carbonyl (C=O) groups excluding carboxylic acids is 1. The van der Waals surface area contributed by atoms with E-state index in [1.54, 1.807) is 0 Å². The second kappa shape index (κ2) is 9.48. The Balaban J connectivity index is 1.56. The van der Waals surface area contributed by atoms with Gasteiger partial charge in [-0.2, -0.15) is 0 Å². The third-order valence-electron chi connectivity index (χ3n) is 3.99. The fraction of sp³-hybridized carbons (Fsp3) is 0.929. The summed E-state index contributed by atoms with van der Waals surface area (Å²) in [7, 11) is 0. The molecule has 0 spiro atoms. The van der Waals surface area contributed by atoms with Crippen LogP contribution in [0.15, 0.2) is 0 Å². The second-order valence-electron chi connectivity index (χ2n) is 5.63. The molecule has 2 aliphatic rings. The minimum atomic E-state index is -1.30. The number of rotatable bonds is 8. The molecule has 1 amide bonds. The molecule has 0 aliphatic carbocycles. The highest BCUT2D eigenvalue weighted by atomic mass is 16.7. The number of hydrogen-bond acceptors (Lipinski definition) is 8. The lowest BCUT2D eigenvalue weighted by Gasteiger charge is -2.26. The molecule has 2 rings (SSSR count). The second-order valence-corrected chi connectivity index (χ2v) is 5.63. The number of amides is 1. The molecule has 0 aromatic heterocycles. The molecule has 4 atom stereocenters. The van der Waals surface area contributed by atoms with Crippen LogP contribution in [0.3, 0.4) is 0 Å². The first-order chi connectivity index (χ1) is 11.1. The summed E-state index contributed by atoms with van der Waals surface area (Å²) in [5.41, 5.74) is 0. The molecule has 134 valence electrons. The van der Waals surface area contributed by atoms with Crippen LogP contribution in [0.5, 0.6) is 0 Å². The van der Waals surface area contributed by atoms with Gasteiger partial charge in [-0.25, -0.2) is 0 Å². The van der Waals surface area contributed by atoms with Crippen LogP contribution in [0.4, 0.5) is 0 Å². The van der Waals surface area contributed by atoms with Crippen molar-refractivity contribution in [3.63, 3.8) is 0 Å². The van der Waals surface area contributed by atoms with Gasteiger partial charge in [-0.05, 0) is 0 Å². The van der Waals surface area contributed by atoms with Crippen LogP contribution in [0.2, 0.25) is 0 Å². The summed E-state index contributed by atoms with van der Waals surface area (Å²) in [5, 5.41) is 31.1. The van der Waals surface area contributed by atoms with E-state index in [-0.39, 0.29) is 18.9 Å². The van der Waals surface area contributed by atoms with Gasteiger partial charge < -0.3 is 34.8 Å². The number of aliphatic hydroxyl groups is 3. The highest BCUT2D eigenvalue weighted by Gasteiger charge is 2.43. The van der Waals surface area contributed by atoms with E-state index >= 15 is 0 Å². The average Bonchev–Trinajstić information content (AvgIpc) is 2.83. The van der Waals surface area contributed by atoms with Crippen molar-refractivity contribution >= 4 is 5.91 Å². The van der Waals surface area contributed by atoms with Gasteiger partial charge >= 0.3 is 0 Å². The molecule has 4 unspecified atom stereocenters. The van der Waals surface area contributed by atoms with Crippen LogP contribution in [0.1, 0.15) is 6.42 Å². The van der Waals surface area contributed by atoms with Gasteiger partial charge in [-0.1, -0.05) is 0 Å². The highest BCUT2D eigenvalue weighted by molar-refractivity contribution is 5.75. The van der Waals surface area contributed by atoms with Crippen LogP contribution in [0, 0.1) is 0 Å². The predicted molar refractivity (Wildman–Crippen MR) is 78.6 cm³/mol. The molecule has 2 aliphatic heterocycles. The Kier molecular flexibility index (Phi) is 7.63. The van der Waals surface area contributed by atoms with Gasteiger partial charge in [-0.15, -0.1) is 0 Å². The fourth-order valence-corrected chi connectivity index (χ4v) is 2.60. The van der Waals surface area contributed by atoms with E-state index in [2.05, 4.69) is 10.2 Å². The molecule has 4 N–H and O–H groups in total. The number of nitrogens with zero attached hydrogens (tertiary/aromatic N) is 1. The maximum absolute atomic E-state index is 11.7. The predicted octanol–water partition coefficient (Wildman–Crippen LogP) is -2.72. The van der Waals surface area contributed by atoms with Crippen LogP contribution in [-0.4, -0.2) is 103 Å². The maximum Gasteiger partial charge on any atom is 0.222 e. The fourth-order valence-electron chi connectivity index (χ4n) is 2.60. The zero-order valence-corrected chi connectivity index (χ0v) is 13.1. The zero-order chi connectivity index (χ0) is 16.7. The number of morpholine rings is 1. The van der Waals surface area contributed by atoms with Crippen molar-refractivity contribution in [2.75, 3.05) is 52.6 Å². The Morgan fingerprint density at radius 1 is 1.30 bits per heavy atom. The third-order valence-corrected chi connectivity index (χ3v) is 3.99. The van der Waals surface area contributed by atoms with Crippen molar-refractivity contribution in [3.8, 4) is 0 Å². The Morgan fingerprint density at radius 2 is 2.04 bits per heavy atom. The van der Waals surface area contributed by atoms with Crippen molar-refractivity contribution in [2.45, 2.75) is 31.0 Å². The lowest BCUT2D eigenvalue weighted by molar-refractivity contribution is -0.149.